The summed E-state index contributed by atoms with van der Waals surface area (Å²) in [6.07, 6.45) is 0.814. The molecule has 0 aliphatic carbocycles. The molecule has 31 heavy (non-hydrogen) atoms. The number of anilines is 1. The standard InChI is InChI=1S/C23H30N4O4/c1-23(2,3)31-22(29)26-14-18-12-25(13-19(15-26)30-18)8-7-21(28)27-9-6-17-10-16(11-24)4-5-20(17)27/h4-5,10,18-19H,6-9,12-15H2,1-3H3. The lowest BCUT2D eigenvalue weighted by Crippen LogP contribution is -2.61. The average molecular weight is 427 g/mol. The van der Waals surface area contributed by atoms with Gasteiger partial charge in [0.2, 0.25) is 5.91 Å². The van der Waals surface area contributed by atoms with Crippen LogP contribution < -0.4 is 4.90 Å². The van der Waals surface area contributed by atoms with E-state index in [-0.39, 0.29) is 24.2 Å². The van der Waals surface area contributed by atoms with Crippen LogP contribution in [-0.4, -0.2) is 78.9 Å². The normalized spacial score (nSPS) is 23.3. The fourth-order valence-corrected chi connectivity index (χ4v) is 4.55. The van der Waals surface area contributed by atoms with Gasteiger partial charge < -0.3 is 19.3 Å². The molecule has 2 fully saturated rings. The van der Waals surface area contributed by atoms with Gasteiger partial charge in [-0.3, -0.25) is 9.69 Å². The Morgan fingerprint density at radius 1 is 1.19 bits per heavy atom. The SMILES string of the molecule is CC(C)(C)OC(=O)N1CC2CN(CCC(=O)N3CCc4cc(C#N)ccc43)CC(C1)O2. The number of fused-ring (bicyclic) bond motifs is 3. The Labute approximate surface area is 183 Å². The predicted octanol–water partition coefficient (Wildman–Crippen LogP) is 2.16. The quantitative estimate of drug-likeness (QED) is 0.736. The highest BCUT2D eigenvalue weighted by Gasteiger charge is 2.38. The van der Waals surface area contributed by atoms with Crippen LogP contribution >= 0.6 is 0 Å². The second-order valence-corrected chi connectivity index (χ2v) is 9.53. The zero-order chi connectivity index (χ0) is 22.2. The molecule has 2 bridgehead atoms. The molecule has 4 rings (SSSR count). The van der Waals surface area contributed by atoms with E-state index in [4.69, 9.17) is 14.7 Å². The van der Waals surface area contributed by atoms with Gasteiger partial charge in [0, 0.05) is 38.3 Å². The molecule has 2 amide bonds. The van der Waals surface area contributed by atoms with Crippen LogP contribution in [0, 0.1) is 11.3 Å². The van der Waals surface area contributed by atoms with Crippen molar-refractivity contribution >= 4 is 17.7 Å². The van der Waals surface area contributed by atoms with E-state index in [1.807, 2.05) is 37.8 Å². The molecule has 0 N–H and O–H groups in total. The summed E-state index contributed by atoms with van der Waals surface area (Å²) >= 11 is 0. The minimum atomic E-state index is -0.513. The second kappa shape index (κ2) is 8.48. The Balaban J connectivity index is 1.29. The Morgan fingerprint density at radius 3 is 2.55 bits per heavy atom. The minimum absolute atomic E-state index is 0.0629. The van der Waals surface area contributed by atoms with Crippen molar-refractivity contribution in [3.63, 3.8) is 0 Å². The summed E-state index contributed by atoms with van der Waals surface area (Å²) in [7, 11) is 0. The molecule has 3 aliphatic rings. The third-order valence-electron chi connectivity index (χ3n) is 5.86. The van der Waals surface area contributed by atoms with Crippen molar-refractivity contribution in [1.82, 2.24) is 9.80 Å². The van der Waals surface area contributed by atoms with Gasteiger partial charge in [0.25, 0.3) is 0 Å². The number of ether oxygens (including phenoxy) is 2. The summed E-state index contributed by atoms with van der Waals surface area (Å²) in [6.45, 7) is 9.36. The van der Waals surface area contributed by atoms with Crippen molar-refractivity contribution in [2.24, 2.45) is 0 Å². The number of carbonyl (C=O) groups is 2. The van der Waals surface area contributed by atoms with E-state index < -0.39 is 5.60 Å². The number of nitrogens with zero attached hydrogens (tertiary/aromatic N) is 4. The lowest BCUT2D eigenvalue weighted by Gasteiger charge is -2.45. The molecule has 3 heterocycles. The molecule has 0 radical (unpaired) electrons. The highest BCUT2D eigenvalue weighted by atomic mass is 16.6. The van der Waals surface area contributed by atoms with E-state index in [0.29, 0.717) is 51.3 Å². The monoisotopic (exact) mass is 426 g/mol. The van der Waals surface area contributed by atoms with Gasteiger partial charge in [-0.2, -0.15) is 5.26 Å². The molecular weight excluding hydrogens is 396 g/mol. The van der Waals surface area contributed by atoms with Gasteiger partial charge in [0.1, 0.15) is 5.60 Å². The third kappa shape index (κ3) is 5.00. The number of benzene rings is 1. The molecule has 8 heteroatoms. The number of hydrogen-bond acceptors (Lipinski definition) is 6. The predicted molar refractivity (Wildman–Crippen MR) is 115 cm³/mol. The fraction of sp³-hybridized carbons (Fsp3) is 0.609. The molecule has 0 saturated carbocycles. The molecule has 0 aromatic heterocycles. The molecule has 1 aromatic rings. The molecule has 3 aliphatic heterocycles. The maximum atomic E-state index is 12.9. The summed E-state index contributed by atoms with van der Waals surface area (Å²) in [5.41, 5.74) is 2.11. The van der Waals surface area contributed by atoms with Crippen molar-refractivity contribution in [3.8, 4) is 6.07 Å². The van der Waals surface area contributed by atoms with E-state index in [1.165, 1.54) is 0 Å². The Morgan fingerprint density at radius 2 is 1.90 bits per heavy atom. The van der Waals surface area contributed by atoms with Crippen LogP contribution in [0.4, 0.5) is 10.5 Å². The van der Waals surface area contributed by atoms with Crippen LogP contribution in [-0.2, 0) is 20.7 Å². The van der Waals surface area contributed by atoms with E-state index in [1.54, 1.807) is 11.0 Å². The first-order valence-electron chi connectivity index (χ1n) is 10.9. The molecule has 0 spiro atoms. The van der Waals surface area contributed by atoms with Crippen molar-refractivity contribution in [2.45, 2.75) is 51.4 Å². The molecule has 2 unspecified atom stereocenters. The van der Waals surface area contributed by atoms with E-state index in [9.17, 15) is 9.59 Å². The van der Waals surface area contributed by atoms with Crippen molar-refractivity contribution in [2.75, 3.05) is 44.2 Å². The maximum Gasteiger partial charge on any atom is 0.410 e. The summed E-state index contributed by atoms with van der Waals surface area (Å²) < 4.78 is 11.5. The molecular formula is C23H30N4O4. The Bertz CT molecular complexity index is 890. The van der Waals surface area contributed by atoms with Crippen molar-refractivity contribution in [1.29, 1.82) is 5.26 Å². The van der Waals surface area contributed by atoms with Crippen molar-refractivity contribution in [3.05, 3.63) is 29.3 Å². The van der Waals surface area contributed by atoms with E-state index in [2.05, 4.69) is 11.0 Å². The van der Waals surface area contributed by atoms with E-state index >= 15 is 0 Å². The Kier molecular flexibility index (Phi) is 5.91. The van der Waals surface area contributed by atoms with Crippen molar-refractivity contribution < 1.29 is 19.1 Å². The van der Waals surface area contributed by atoms with Gasteiger partial charge in [-0.15, -0.1) is 0 Å². The number of carbonyl (C=O) groups excluding carboxylic acids is 2. The zero-order valence-corrected chi connectivity index (χ0v) is 18.5. The maximum absolute atomic E-state index is 12.9. The highest BCUT2D eigenvalue weighted by molar-refractivity contribution is 5.95. The zero-order valence-electron chi connectivity index (χ0n) is 18.5. The summed E-state index contributed by atoms with van der Waals surface area (Å²) in [5.74, 6) is 0.107. The van der Waals surface area contributed by atoms with Gasteiger partial charge in [0.05, 0.1) is 36.9 Å². The van der Waals surface area contributed by atoms with Gasteiger partial charge in [-0.1, -0.05) is 0 Å². The number of rotatable bonds is 3. The first-order chi connectivity index (χ1) is 14.7. The van der Waals surface area contributed by atoms with Crippen LogP contribution in [0.3, 0.4) is 0 Å². The van der Waals surface area contributed by atoms with Crippen LogP contribution in [0.2, 0.25) is 0 Å². The van der Waals surface area contributed by atoms with Crippen LogP contribution in [0.15, 0.2) is 18.2 Å². The number of hydrogen-bond donors (Lipinski definition) is 0. The number of nitriles is 1. The first kappa shape index (κ1) is 21.6. The van der Waals surface area contributed by atoms with Gasteiger partial charge in [0.15, 0.2) is 0 Å². The van der Waals surface area contributed by atoms with Gasteiger partial charge >= 0.3 is 6.09 Å². The molecule has 2 atom stereocenters. The summed E-state index contributed by atoms with van der Waals surface area (Å²) in [6, 6.07) is 7.68. The highest BCUT2D eigenvalue weighted by Crippen LogP contribution is 2.29. The van der Waals surface area contributed by atoms with Crippen LogP contribution in [0.5, 0.6) is 0 Å². The third-order valence-corrected chi connectivity index (χ3v) is 5.86. The topological polar surface area (TPSA) is 86.1 Å². The lowest BCUT2D eigenvalue weighted by molar-refractivity contribution is -0.138. The van der Waals surface area contributed by atoms with E-state index in [0.717, 1.165) is 17.7 Å². The minimum Gasteiger partial charge on any atom is -0.444 e. The molecule has 2 saturated heterocycles. The summed E-state index contributed by atoms with van der Waals surface area (Å²) in [5, 5.41) is 9.06. The number of morpholine rings is 2. The second-order valence-electron chi connectivity index (χ2n) is 9.53. The first-order valence-corrected chi connectivity index (χ1v) is 10.9. The smallest absolute Gasteiger partial charge is 0.410 e. The van der Waals surface area contributed by atoms with Crippen LogP contribution in [0.25, 0.3) is 0 Å². The lowest BCUT2D eigenvalue weighted by atomic mass is 10.1. The molecule has 1 aromatic carbocycles. The largest absolute Gasteiger partial charge is 0.444 e. The summed E-state index contributed by atoms with van der Waals surface area (Å²) in [4.78, 5) is 31.1. The molecule has 166 valence electrons. The van der Waals surface area contributed by atoms with Crippen LogP contribution in [0.1, 0.15) is 38.3 Å². The number of amides is 2. The van der Waals surface area contributed by atoms with Gasteiger partial charge in [-0.05, 0) is 51.0 Å². The molecule has 8 nitrogen and oxygen atoms in total. The van der Waals surface area contributed by atoms with Gasteiger partial charge in [-0.25, -0.2) is 4.79 Å². The average Bonchev–Trinajstić information content (AvgIpc) is 3.13. The Hall–Kier alpha value is -2.63. The fourth-order valence-electron chi connectivity index (χ4n) is 4.55.